The third-order valence-electron chi connectivity index (χ3n) is 2.89. The molecule has 0 spiro atoms. The first kappa shape index (κ1) is 13.8. The maximum absolute atomic E-state index is 11.9. The molecule has 20 heavy (non-hydrogen) atoms. The second-order valence-corrected chi connectivity index (χ2v) is 4.55. The van der Waals surface area contributed by atoms with E-state index in [0.717, 1.165) is 16.8 Å². The lowest BCUT2D eigenvalue weighted by molar-refractivity contribution is 0.0955. The largest absolute Gasteiger partial charge is 0.508 e. The van der Waals surface area contributed by atoms with Crippen molar-refractivity contribution in [2.24, 2.45) is 5.10 Å². The summed E-state index contributed by atoms with van der Waals surface area (Å²) >= 11 is 0. The lowest BCUT2D eigenvalue weighted by Gasteiger charge is -2.04. The molecule has 0 unspecified atom stereocenters. The van der Waals surface area contributed by atoms with E-state index in [9.17, 15) is 9.90 Å². The van der Waals surface area contributed by atoms with Crippen LogP contribution in [0.5, 0.6) is 5.75 Å². The molecule has 0 saturated carbocycles. The fraction of sp³-hybridized carbons (Fsp3) is 0.125. The summed E-state index contributed by atoms with van der Waals surface area (Å²) in [4.78, 5) is 11.9. The summed E-state index contributed by atoms with van der Waals surface area (Å²) in [6.07, 6.45) is 0. The van der Waals surface area contributed by atoms with Crippen molar-refractivity contribution in [2.75, 3.05) is 0 Å². The summed E-state index contributed by atoms with van der Waals surface area (Å²) in [7, 11) is 0. The SMILES string of the molecule is CC(=NNC(=O)c1ccc(O)cc1)c1cccc(C)c1. The number of amides is 1. The normalized spacial score (nSPS) is 11.2. The zero-order chi connectivity index (χ0) is 14.5. The Balaban J connectivity index is 2.08. The third-order valence-corrected chi connectivity index (χ3v) is 2.89. The van der Waals surface area contributed by atoms with Crippen LogP contribution < -0.4 is 5.43 Å². The number of carbonyl (C=O) groups is 1. The molecule has 2 N–H and O–H groups in total. The van der Waals surface area contributed by atoms with Crippen molar-refractivity contribution in [1.82, 2.24) is 5.43 Å². The first-order chi connectivity index (χ1) is 9.56. The van der Waals surface area contributed by atoms with E-state index in [1.54, 1.807) is 12.1 Å². The van der Waals surface area contributed by atoms with Gasteiger partial charge in [-0.2, -0.15) is 5.10 Å². The molecule has 2 aromatic carbocycles. The molecule has 0 atom stereocenters. The molecule has 0 bridgehead atoms. The highest BCUT2D eigenvalue weighted by Gasteiger charge is 2.04. The second-order valence-electron chi connectivity index (χ2n) is 4.55. The third kappa shape index (κ3) is 3.45. The summed E-state index contributed by atoms with van der Waals surface area (Å²) in [6.45, 7) is 3.84. The Morgan fingerprint density at radius 1 is 1.10 bits per heavy atom. The Morgan fingerprint density at radius 2 is 1.80 bits per heavy atom. The van der Waals surface area contributed by atoms with Crippen LogP contribution in [0, 0.1) is 6.92 Å². The maximum atomic E-state index is 11.9. The zero-order valence-electron chi connectivity index (χ0n) is 11.4. The molecule has 1 amide bonds. The van der Waals surface area contributed by atoms with E-state index in [1.165, 1.54) is 12.1 Å². The minimum Gasteiger partial charge on any atom is -0.508 e. The topological polar surface area (TPSA) is 61.7 Å². The van der Waals surface area contributed by atoms with Gasteiger partial charge in [-0.05, 0) is 43.7 Å². The minimum atomic E-state index is -0.308. The molecule has 0 saturated heterocycles. The maximum Gasteiger partial charge on any atom is 0.271 e. The average Bonchev–Trinajstić information content (AvgIpc) is 2.45. The number of phenols is 1. The number of aryl methyl sites for hydroxylation is 1. The Hall–Kier alpha value is -2.62. The number of nitrogens with one attached hydrogen (secondary N) is 1. The molecule has 0 aliphatic rings. The minimum absolute atomic E-state index is 0.126. The standard InChI is InChI=1S/C16H16N2O2/c1-11-4-3-5-14(10-11)12(2)17-18-16(20)13-6-8-15(19)9-7-13/h3-10,19H,1-2H3,(H,18,20). The van der Waals surface area contributed by atoms with Crippen molar-refractivity contribution in [3.63, 3.8) is 0 Å². The summed E-state index contributed by atoms with van der Waals surface area (Å²) in [5.74, 6) is -0.182. The highest BCUT2D eigenvalue weighted by atomic mass is 16.3. The lowest BCUT2D eigenvalue weighted by Crippen LogP contribution is -2.19. The molecule has 2 rings (SSSR count). The van der Waals surface area contributed by atoms with E-state index >= 15 is 0 Å². The quantitative estimate of drug-likeness (QED) is 0.664. The number of hydrazone groups is 1. The summed E-state index contributed by atoms with van der Waals surface area (Å²) < 4.78 is 0. The first-order valence-electron chi connectivity index (χ1n) is 6.27. The van der Waals surface area contributed by atoms with E-state index in [0.29, 0.717) is 5.56 Å². The van der Waals surface area contributed by atoms with Crippen molar-refractivity contribution in [2.45, 2.75) is 13.8 Å². The molecule has 0 aliphatic carbocycles. The molecule has 0 fully saturated rings. The van der Waals surface area contributed by atoms with Crippen LogP contribution >= 0.6 is 0 Å². The molecule has 0 aliphatic heterocycles. The van der Waals surface area contributed by atoms with Crippen LogP contribution in [-0.4, -0.2) is 16.7 Å². The van der Waals surface area contributed by atoms with Crippen molar-refractivity contribution < 1.29 is 9.90 Å². The highest BCUT2D eigenvalue weighted by molar-refractivity contribution is 6.00. The first-order valence-corrected chi connectivity index (χ1v) is 6.27. The number of phenolic OH excluding ortho intramolecular Hbond substituents is 1. The van der Waals surface area contributed by atoms with Crippen molar-refractivity contribution in [1.29, 1.82) is 0 Å². The molecular formula is C16H16N2O2. The van der Waals surface area contributed by atoms with Gasteiger partial charge in [0.25, 0.3) is 5.91 Å². The molecule has 102 valence electrons. The van der Waals surface area contributed by atoms with Gasteiger partial charge < -0.3 is 5.11 Å². The number of hydrogen-bond donors (Lipinski definition) is 2. The average molecular weight is 268 g/mol. The molecular weight excluding hydrogens is 252 g/mol. The molecule has 0 heterocycles. The number of hydrogen-bond acceptors (Lipinski definition) is 3. The summed E-state index contributed by atoms with van der Waals surface area (Å²) in [6, 6.07) is 13.9. The van der Waals surface area contributed by atoms with E-state index < -0.39 is 0 Å². The van der Waals surface area contributed by atoms with Gasteiger partial charge >= 0.3 is 0 Å². The number of aromatic hydroxyl groups is 1. The fourth-order valence-electron chi connectivity index (χ4n) is 1.75. The van der Waals surface area contributed by atoms with Gasteiger partial charge in [-0.25, -0.2) is 5.43 Å². The predicted molar refractivity (Wildman–Crippen MR) is 79.0 cm³/mol. The Kier molecular flexibility index (Phi) is 4.15. The van der Waals surface area contributed by atoms with Gasteiger partial charge in [0, 0.05) is 5.56 Å². The van der Waals surface area contributed by atoms with Crippen LogP contribution in [0.15, 0.2) is 53.6 Å². The van der Waals surface area contributed by atoms with Gasteiger partial charge in [-0.3, -0.25) is 4.79 Å². The second kappa shape index (κ2) is 6.02. The fourth-order valence-corrected chi connectivity index (χ4v) is 1.75. The van der Waals surface area contributed by atoms with Gasteiger partial charge in [0.1, 0.15) is 5.75 Å². The van der Waals surface area contributed by atoms with Gasteiger partial charge in [0.05, 0.1) is 5.71 Å². The van der Waals surface area contributed by atoms with Crippen LogP contribution in [0.3, 0.4) is 0 Å². The summed E-state index contributed by atoms with van der Waals surface area (Å²) in [5, 5.41) is 13.3. The van der Waals surface area contributed by atoms with Gasteiger partial charge in [0.15, 0.2) is 0 Å². The lowest BCUT2D eigenvalue weighted by atomic mass is 10.1. The highest BCUT2D eigenvalue weighted by Crippen LogP contribution is 2.09. The number of nitrogens with zero attached hydrogens (tertiary/aromatic N) is 1. The van der Waals surface area contributed by atoms with Crippen molar-refractivity contribution >= 4 is 11.6 Å². The van der Waals surface area contributed by atoms with Crippen molar-refractivity contribution in [3.05, 3.63) is 65.2 Å². The molecule has 0 radical (unpaired) electrons. The molecule has 2 aromatic rings. The number of benzene rings is 2. The van der Waals surface area contributed by atoms with Gasteiger partial charge in [0.2, 0.25) is 0 Å². The van der Waals surface area contributed by atoms with Crippen molar-refractivity contribution in [3.8, 4) is 5.75 Å². The van der Waals surface area contributed by atoms with Crippen LogP contribution in [0.25, 0.3) is 0 Å². The Labute approximate surface area is 117 Å². The van der Waals surface area contributed by atoms with Crippen LogP contribution in [0.2, 0.25) is 0 Å². The zero-order valence-corrected chi connectivity index (χ0v) is 11.4. The number of carbonyl (C=O) groups excluding carboxylic acids is 1. The van der Waals surface area contributed by atoms with E-state index in [-0.39, 0.29) is 11.7 Å². The van der Waals surface area contributed by atoms with Crippen LogP contribution in [0.4, 0.5) is 0 Å². The Bertz CT molecular complexity index is 646. The van der Waals surface area contributed by atoms with E-state index in [1.807, 2.05) is 38.1 Å². The van der Waals surface area contributed by atoms with Gasteiger partial charge in [-0.15, -0.1) is 0 Å². The molecule has 4 heteroatoms. The van der Waals surface area contributed by atoms with E-state index in [4.69, 9.17) is 0 Å². The Morgan fingerprint density at radius 3 is 2.45 bits per heavy atom. The monoisotopic (exact) mass is 268 g/mol. The summed E-state index contributed by atoms with van der Waals surface area (Å²) in [5.41, 5.74) is 5.80. The molecule has 0 aromatic heterocycles. The predicted octanol–water partition coefficient (Wildman–Crippen LogP) is 2.85. The van der Waals surface area contributed by atoms with Crippen LogP contribution in [-0.2, 0) is 0 Å². The van der Waals surface area contributed by atoms with Crippen LogP contribution in [0.1, 0.15) is 28.4 Å². The smallest absolute Gasteiger partial charge is 0.271 e. The van der Waals surface area contributed by atoms with Gasteiger partial charge in [-0.1, -0.05) is 29.8 Å². The molecule has 4 nitrogen and oxygen atoms in total. The number of rotatable bonds is 3. The van der Waals surface area contributed by atoms with E-state index in [2.05, 4.69) is 10.5 Å².